The molecule has 0 amide bonds. The first-order valence-electron chi connectivity index (χ1n) is 10.1. The lowest BCUT2D eigenvalue weighted by molar-refractivity contribution is 0.0706. The summed E-state index contributed by atoms with van der Waals surface area (Å²) in [4.78, 5) is 37.6. The minimum atomic E-state index is -0.410. The first-order valence-corrected chi connectivity index (χ1v) is 10.1. The fraction of sp³-hybridized carbons (Fsp3) is 0.429. The van der Waals surface area contributed by atoms with Gasteiger partial charge in [0.1, 0.15) is 0 Å². The van der Waals surface area contributed by atoms with Gasteiger partial charge in [-0.05, 0) is 31.5 Å². The normalized spacial score (nSPS) is 16.0. The van der Waals surface area contributed by atoms with Crippen molar-refractivity contribution >= 4 is 22.6 Å². The predicted molar refractivity (Wildman–Crippen MR) is 116 cm³/mol. The van der Waals surface area contributed by atoms with Crippen LogP contribution >= 0.6 is 0 Å². The summed E-state index contributed by atoms with van der Waals surface area (Å²) in [6.45, 7) is 6.30. The van der Waals surface area contributed by atoms with Crippen LogP contribution in [0.5, 0.6) is 0 Å². The Morgan fingerprint density at radius 1 is 1.13 bits per heavy atom. The summed E-state index contributed by atoms with van der Waals surface area (Å²) in [7, 11) is 3.35. The average molecular weight is 410 g/mol. The number of anilines is 1. The van der Waals surface area contributed by atoms with Crippen molar-refractivity contribution in [1.29, 1.82) is 0 Å². The number of fused-ring (bicyclic) bond motifs is 1. The minimum Gasteiger partial charge on any atom is -0.390 e. The standard InChI is InChI=1S/C21H26N6O3/c1-5-26(6-2)15-9-7-14(8-10-15)17-11-16(30-23-17)12-27-20(28)18-19(22-13-24(18)3)25(4)21(27)29/h7-10,13,16H,5-6,11-12H2,1-4H3. The smallest absolute Gasteiger partial charge is 0.332 e. The lowest BCUT2D eigenvalue weighted by Gasteiger charge is -2.21. The molecule has 1 unspecified atom stereocenters. The van der Waals surface area contributed by atoms with E-state index in [1.165, 1.54) is 21.1 Å². The largest absolute Gasteiger partial charge is 0.390 e. The van der Waals surface area contributed by atoms with Gasteiger partial charge in [-0.2, -0.15) is 0 Å². The Bertz CT molecular complexity index is 1210. The number of rotatable bonds is 6. The van der Waals surface area contributed by atoms with Gasteiger partial charge in [-0.3, -0.25) is 13.9 Å². The van der Waals surface area contributed by atoms with Crippen LogP contribution in [0.2, 0.25) is 0 Å². The SMILES string of the molecule is CCN(CC)c1ccc(C2=NOC(Cn3c(=O)c4c(ncn4C)n(C)c3=O)C2)cc1. The van der Waals surface area contributed by atoms with Crippen LogP contribution in [-0.2, 0) is 25.5 Å². The van der Waals surface area contributed by atoms with Gasteiger partial charge in [-0.25, -0.2) is 9.78 Å². The van der Waals surface area contributed by atoms with Gasteiger partial charge in [0, 0.05) is 39.3 Å². The second-order valence-electron chi connectivity index (χ2n) is 7.47. The van der Waals surface area contributed by atoms with Gasteiger partial charge in [-0.1, -0.05) is 17.3 Å². The maximum atomic E-state index is 12.9. The maximum absolute atomic E-state index is 12.9. The van der Waals surface area contributed by atoms with Crippen LogP contribution in [0.25, 0.3) is 11.2 Å². The number of oxime groups is 1. The Morgan fingerprint density at radius 2 is 1.83 bits per heavy atom. The molecule has 30 heavy (non-hydrogen) atoms. The van der Waals surface area contributed by atoms with Crippen LogP contribution in [0.4, 0.5) is 5.69 Å². The third-order valence-corrected chi connectivity index (χ3v) is 5.65. The number of imidazole rings is 1. The molecule has 4 rings (SSSR count). The number of nitrogens with zero attached hydrogens (tertiary/aromatic N) is 6. The first-order chi connectivity index (χ1) is 14.4. The molecule has 0 saturated carbocycles. The highest BCUT2D eigenvalue weighted by molar-refractivity contribution is 6.01. The third kappa shape index (κ3) is 3.30. The molecule has 0 aliphatic carbocycles. The Kier molecular flexibility index (Phi) is 5.19. The van der Waals surface area contributed by atoms with E-state index in [0.717, 1.165) is 24.4 Å². The molecule has 0 fully saturated rings. The lowest BCUT2D eigenvalue weighted by atomic mass is 10.0. The quantitative estimate of drug-likeness (QED) is 0.614. The number of aromatic nitrogens is 4. The van der Waals surface area contributed by atoms with E-state index >= 15 is 0 Å². The third-order valence-electron chi connectivity index (χ3n) is 5.65. The summed E-state index contributed by atoms with van der Waals surface area (Å²) in [6.07, 6.45) is 1.69. The first kappa shape index (κ1) is 19.9. The van der Waals surface area contributed by atoms with Crippen molar-refractivity contribution in [1.82, 2.24) is 18.7 Å². The van der Waals surface area contributed by atoms with Gasteiger partial charge in [0.15, 0.2) is 17.3 Å². The molecule has 158 valence electrons. The molecule has 3 heterocycles. The van der Waals surface area contributed by atoms with Crippen LogP contribution in [0.3, 0.4) is 0 Å². The van der Waals surface area contributed by atoms with Gasteiger partial charge in [0.25, 0.3) is 5.56 Å². The maximum Gasteiger partial charge on any atom is 0.332 e. The zero-order chi connectivity index (χ0) is 21.4. The van der Waals surface area contributed by atoms with Crippen molar-refractivity contribution in [2.24, 2.45) is 19.3 Å². The predicted octanol–water partition coefficient (Wildman–Crippen LogP) is 1.47. The van der Waals surface area contributed by atoms with E-state index < -0.39 is 5.69 Å². The number of benzene rings is 1. The topological polar surface area (TPSA) is 86.7 Å². The molecule has 1 aromatic carbocycles. The summed E-state index contributed by atoms with van der Waals surface area (Å²) < 4.78 is 4.22. The number of aryl methyl sites for hydroxylation is 2. The molecule has 9 heteroatoms. The second-order valence-corrected chi connectivity index (χ2v) is 7.47. The second kappa shape index (κ2) is 7.81. The Morgan fingerprint density at radius 3 is 2.50 bits per heavy atom. The zero-order valence-corrected chi connectivity index (χ0v) is 17.7. The van der Waals surface area contributed by atoms with E-state index in [2.05, 4.69) is 41.0 Å². The Hall–Kier alpha value is -3.36. The summed E-state index contributed by atoms with van der Waals surface area (Å²) >= 11 is 0. The highest BCUT2D eigenvalue weighted by Crippen LogP contribution is 2.21. The molecular weight excluding hydrogens is 384 g/mol. The molecular formula is C21H26N6O3. The van der Waals surface area contributed by atoms with Gasteiger partial charge < -0.3 is 14.3 Å². The van der Waals surface area contributed by atoms with Gasteiger partial charge in [-0.15, -0.1) is 0 Å². The monoisotopic (exact) mass is 410 g/mol. The van der Waals surface area contributed by atoms with Crippen LogP contribution < -0.4 is 16.1 Å². The molecule has 0 bridgehead atoms. The summed E-state index contributed by atoms with van der Waals surface area (Å²) in [5, 5.41) is 4.21. The van der Waals surface area contributed by atoms with E-state index in [4.69, 9.17) is 4.84 Å². The van der Waals surface area contributed by atoms with E-state index in [1.807, 2.05) is 12.1 Å². The average Bonchev–Trinajstić information content (AvgIpc) is 3.38. The van der Waals surface area contributed by atoms with Crippen molar-refractivity contribution < 1.29 is 4.84 Å². The van der Waals surface area contributed by atoms with Gasteiger partial charge in [0.05, 0.1) is 18.6 Å². The molecule has 9 nitrogen and oxygen atoms in total. The van der Waals surface area contributed by atoms with E-state index in [1.54, 1.807) is 18.7 Å². The summed E-state index contributed by atoms with van der Waals surface area (Å²) in [6, 6.07) is 8.22. The minimum absolute atomic E-state index is 0.136. The highest BCUT2D eigenvalue weighted by Gasteiger charge is 2.25. The van der Waals surface area contributed by atoms with Gasteiger partial charge >= 0.3 is 5.69 Å². The highest BCUT2D eigenvalue weighted by atomic mass is 16.6. The molecule has 1 aliphatic heterocycles. The Balaban J connectivity index is 1.54. The van der Waals surface area contributed by atoms with E-state index in [0.29, 0.717) is 17.6 Å². The molecule has 1 aliphatic rings. The van der Waals surface area contributed by atoms with E-state index in [-0.39, 0.29) is 18.2 Å². The van der Waals surface area contributed by atoms with Crippen LogP contribution in [0, 0.1) is 0 Å². The fourth-order valence-electron chi connectivity index (χ4n) is 3.91. The van der Waals surface area contributed by atoms with Crippen molar-refractivity contribution in [3.05, 3.63) is 57.0 Å². The fourth-order valence-corrected chi connectivity index (χ4v) is 3.91. The van der Waals surface area contributed by atoms with Crippen molar-refractivity contribution in [3.8, 4) is 0 Å². The van der Waals surface area contributed by atoms with Crippen molar-refractivity contribution in [3.63, 3.8) is 0 Å². The number of hydrogen-bond donors (Lipinski definition) is 0. The molecule has 1 atom stereocenters. The Labute approximate surface area is 173 Å². The summed E-state index contributed by atoms with van der Waals surface area (Å²) in [5.41, 5.74) is 2.96. The lowest BCUT2D eigenvalue weighted by Crippen LogP contribution is -2.42. The van der Waals surface area contributed by atoms with Crippen LogP contribution in [0.15, 0.2) is 45.3 Å². The molecule has 0 saturated heterocycles. The molecule has 2 aromatic heterocycles. The molecule has 0 radical (unpaired) electrons. The van der Waals surface area contributed by atoms with E-state index in [9.17, 15) is 9.59 Å². The zero-order valence-electron chi connectivity index (χ0n) is 17.7. The van der Waals surface area contributed by atoms with Crippen LogP contribution in [-0.4, -0.2) is 43.6 Å². The van der Waals surface area contributed by atoms with Crippen molar-refractivity contribution in [2.75, 3.05) is 18.0 Å². The molecule has 3 aromatic rings. The summed E-state index contributed by atoms with van der Waals surface area (Å²) in [5.74, 6) is 0. The van der Waals surface area contributed by atoms with Crippen molar-refractivity contribution in [2.45, 2.75) is 32.9 Å². The number of hydrogen-bond acceptors (Lipinski definition) is 6. The molecule has 0 N–H and O–H groups in total. The molecule has 0 spiro atoms. The van der Waals surface area contributed by atoms with Crippen LogP contribution in [0.1, 0.15) is 25.8 Å². The van der Waals surface area contributed by atoms with Gasteiger partial charge in [0.2, 0.25) is 0 Å².